The number of rotatable bonds is 2. The molecule has 1 aromatic carbocycles. The van der Waals surface area contributed by atoms with Crippen molar-refractivity contribution in [2.24, 2.45) is 0 Å². The summed E-state index contributed by atoms with van der Waals surface area (Å²) in [6.07, 6.45) is 2.47. The predicted molar refractivity (Wildman–Crippen MR) is 77.4 cm³/mol. The van der Waals surface area contributed by atoms with Gasteiger partial charge in [0.05, 0.1) is 5.25 Å². The number of nitrogens with one attached hydrogen (secondary N) is 1. The molecule has 1 aliphatic rings. The monoisotopic (exact) mass is 270 g/mol. The van der Waals surface area contributed by atoms with Crippen molar-refractivity contribution in [3.63, 3.8) is 0 Å². The van der Waals surface area contributed by atoms with Crippen LogP contribution in [0, 0.1) is 6.92 Å². The van der Waals surface area contributed by atoms with Crippen molar-refractivity contribution in [2.75, 3.05) is 5.32 Å². The van der Waals surface area contributed by atoms with Crippen LogP contribution in [0.3, 0.4) is 0 Å². The molecule has 1 aliphatic heterocycles. The van der Waals surface area contributed by atoms with Gasteiger partial charge in [-0.2, -0.15) is 0 Å². The highest BCUT2D eigenvalue weighted by atomic mass is 32.2. The molecule has 3 nitrogen and oxygen atoms in total. The molecule has 3 rings (SSSR count). The lowest BCUT2D eigenvalue weighted by molar-refractivity contribution is -0.115. The van der Waals surface area contributed by atoms with Crippen LogP contribution in [-0.4, -0.2) is 16.1 Å². The third-order valence-corrected chi connectivity index (χ3v) is 4.41. The van der Waals surface area contributed by atoms with Crippen molar-refractivity contribution >= 4 is 23.5 Å². The predicted octanol–water partition coefficient (Wildman–Crippen LogP) is 3.05. The molecule has 4 heteroatoms. The Kier molecular flexibility index (Phi) is 3.25. The summed E-state index contributed by atoms with van der Waals surface area (Å²) in [4.78, 5) is 17.5. The number of aromatic nitrogens is 1. The molecule has 2 aromatic rings. The van der Waals surface area contributed by atoms with Gasteiger partial charge in [-0.1, -0.05) is 23.8 Å². The Morgan fingerprint density at radius 3 is 3.05 bits per heavy atom. The van der Waals surface area contributed by atoms with E-state index in [-0.39, 0.29) is 11.2 Å². The third kappa shape index (κ3) is 2.63. The summed E-state index contributed by atoms with van der Waals surface area (Å²) in [6, 6.07) is 11.9. The van der Waals surface area contributed by atoms with Crippen molar-refractivity contribution in [2.45, 2.75) is 23.5 Å². The molecule has 1 N–H and O–H groups in total. The number of aryl methyl sites for hydroxylation is 1. The van der Waals surface area contributed by atoms with Gasteiger partial charge in [-0.3, -0.25) is 4.79 Å². The van der Waals surface area contributed by atoms with Crippen LogP contribution >= 0.6 is 11.8 Å². The van der Waals surface area contributed by atoms with Gasteiger partial charge in [-0.15, -0.1) is 11.8 Å². The average Bonchev–Trinajstić information content (AvgIpc) is 2.83. The van der Waals surface area contributed by atoms with Gasteiger partial charge >= 0.3 is 0 Å². The average molecular weight is 270 g/mol. The molecule has 0 bridgehead atoms. The van der Waals surface area contributed by atoms with E-state index in [1.807, 2.05) is 12.1 Å². The van der Waals surface area contributed by atoms with Crippen LogP contribution in [0.25, 0.3) is 0 Å². The highest BCUT2D eigenvalue weighted by Gasteiger charge is 2.28. The minimum Gasteiger partial charge on any atom is -0.310 e. The van der Waals surface area contributed by atoms with Crippen molar-refractivity contribution in [3.8, 4) is 0 Å². The molecule has 1 amide bonds. The van der Waals surface area contributed by atoms with E-state index in [1.54, 1.807) is 24.0 Å². The van der Waals surface area contributed by atoms with Crippen LogP contribution in [0.15, 0.2) is 47.5 Å². The van der Waals surface area contributed by atoms with E-state index in [1.165, 1.54) is 16.0 Å². The summed E-state index contributed by atoms with van der Waals surface area (Å²) < 4.78 is 0. The summed E-state index contributed by atoms with van der Waals surface area (Å²) >= 11 is 1.64. The zero-order chi connectivity index (χ0) is 13.2. The molecular formula is C15H14N2OS. The van der Waals surface area contributed by atoms with Gasteiger partial charge in [-0.05, 0) is 37.1 Å². The number of pyridine rings is 1. The van der Waals surface area contributed by atoms with E-state index in [0.29, 0.717) is 5.82 Å². The molecule has 0 saturated carbocycles. The fourth-order valence-electron chi connectivity index (χ4n) is 2.12. The molecule has 0 saturated heterocycles. The molecule has 1 aromatic heterocycles. The van der Waals surface area contributed by atoms with Crippen LogP contribution in [0.4, 0.5) is 5.82 Å². The van der Waals surface area contributed by atoms with E-state index in [2.05, 4.69) is 35.4 Å². The lowest BCUT2D eigenvalue weighted by atomic mass is 10.1. The number of nitrogens with zero attached hydrogens (tertiary/aromatic N) is 1. The van der Waals surface area contributed by atoms with Crippen molar-refractivity contribution in [1.29, 1.82) is 0 Å². The van der Waals surface area contributed by atoms with E-state index < -0.39 is 0 Å². The summed E-state index contributed by atoms with van der Waals surface area (Å²) in [5, 5.41) is 2.81. The summed E-state index contributed by atoms with van der Waals surface area (Å²) in [5.41, 5.74) is 2.49. The molecule has 2 heterocycles. The van der Waals surface area contributed by atoms with Gasteiger partial charge in [-0.25, -0.2) is 4.98 Å². The molecule has 96 valence electrons. The van der Waals surface area contributed by atoms with Gasteiger partial charge in [0.1, 0.15) is 5.82 Å². The number of thioether (sulfide) groups is 1. The first-order valence-corrected chi connectivity index (χ1v) is 7.08. The maximum atomic E-state index is 12.2. The van der Waals surface area contributed by atoms with E-state index in [0.717, 1.165) is 6.42 Å². The zero-order valence-corrected chi connectivity index (χ0v) is 11.4. The Labute approximate surface area is 116 Å². The minimum absolute atomic E-state index is 0.0255. The maximum Gasteiger partial charge on any atom is 0.239 e. The molecule has 0 spiro atoms. The fourth-order valence-corrected chi connectivity index (χ4v) is 3.42. The standard InChI is InChI=1S/C15H14N2OS/c1-10-5-6-11-9-13(19-12(11)8-10)15(18)17-14-4-2-3-7-16-14/h2-8,13H,9H2,1H3,(H,16,17,18). The third-order valence-electron chi connectivity index (χ3n) is 3.11. The Bertz CT molecular complexity index is 613. The van der Waals surface area contributed by atoms with Gasteiger partial charge in [0.15, 0.2) is 0 Å². The van der Waals surface area contributed by atoms with Crippen molar-refractivity contribution in [3.05, 3.63) is 53.7 Å². The zero-order valence-electron chi connectivity index (χ0n) is 10.6. The number of hydrogen-bond donors (Lipinski definition) is 1. The molecule has 1 unspecified atom stereocenters. The number of hydrogen-bond acceptors (Lipinski definition) is 3. The summed E-state index contributed by atoms with van der Waals surface area (Å²) in [5.74, 6) is 0.637. The van der Waals surface area contributed by atoms with E-state index in [4.69, 9.17) is 0 Å². The Hall–Kier alpha value is -1.81. The minimum atomic E-state index is -0.0567. The molecular weight excluding hydrogens is 256 g/mol. The largest absolute Gasteiger partial charge is 0.310 e. The Balaban J connectivity index is 1.71. The van der Waals surface area contributed by atoms with Gasteiger partial charge < -0.3 is 5.32 Å². The topological polar surface area (TPSA) is 42.0 Å². The Morgan fingerprint density at radius 2 is 2.26 bits per heavy atom. The first-order chi connectivity index (χ1) is 9.22. The highest BCUT2D eigenvalue weighted by molar-refractivity contribution is 8.01. The van der Waals surface area contributed by atoms with Crippen LogP contribution in [0.2, 0.25) is 0 Å². The number of anilines is 1. The molecule has 19 heavy (non-hydrogen) atoms. The second-order valence-corrected chi connectivity index (χ2v) is 5.87. The number of amides is 1. The van der Waals surface area contributed by atoms with E-state index in [9.17, 15) is 4.79 Å². The summed E-state index contributed by atoms with van der Waals surface area (Å²) in [7, 11) is 0. The van der Waals surface area contributed by atoms with Crippen molar-refractivity contribution in [1.82, 2.24) is 4.98 Å². The maximum absolute atomic E-state index is 12.2. The second kappa shape index (κ2) is 5.05. The number of carbonyl (C=O) groups is 1. The highest BCUT2D eigenvalue weighted by Crippen LogP contribution is 2.37. The van der Waals surface area contributed by atoms with Gasteiger partial charge in [0.2, 0.25) is 5.91 Å². The van der Waals surface area contributed by atoms with Crippen LogP contribution in [-0.2, 0) is 11.2 Å². The van der Waals surface area contributed by atoms with Gasteiger partial charge in [0, 0.05) is 11.1 Å². The van der Waals surface area contributed by atoms with Crippen molar-refractivity contribution < 1.29 is 4.79 Å². The van der Waals surface area contributed by atoms with Crippen LogP contribution in [0.1, 0.15) is 11.1 Å². The van der Waals surface area contributed by atoms with Crippen LogP contribution in [0.5, 0.6) is 0 Å². The number of benzene rings is 1. The molecule has 0 radical (unpaired) electrons. The molecule has 0 aliphatic carbocycles. The second-order valence-electron chi connectivity index (χ2n) is 4.63. The smallest absolute Gasteiger partial charge is 0.239 e. The number of carbonyl (C=O) groups excluding carboxylic acids is 1. The van der Waals surface area contributed by atoms with Crippen LogP contribution < -0.4 is 5.32 Å². The first-order valence-electron chi connectivity index (χ1n) is 6.20. The van der Waals surface area contributed by atoms with Gasteiger partial charge in [0.25, 0.3) is 0 Å². The SMILES string of the molecule is Cc1ccc2c(c1)SC(C(=O)Nc1ccccn1)C2. The van der Waals surface area contributed by atoms with E-state index >= 15 is 0 Å². The fraction of sp³-hybridized carbons (Fsp3) is 0.200. The normalized spacial score (nSPS) is 17.0. The molecule has 1 atom stereocenters. The quantitative estimate of drug-likeness (QED) is 0.912. The lowest BCUT2D eigenvalue weighted by Crippen LogP contribution is -2.25. The lowest BCUT2D eigenvalue weighted by Gasteiger charge is -2.08. The summed E-state index contributed by atoms with van der Waals surface area (Å²) in [6.45, 7) is 2.07. The Morgan fingerprint density at radius 1 is 1.37 bits per heavy atom. The number of fused-ring (bicyclic) bond motifs is 1. The first kappa shape index (κ1) is 12.2. The molecule has 0 fully saturated rings.